The van der Waals surface area contributed by atoms with Crippen molar-refractivity contribution in [3.05, 3.63) is 75.8 Å². The number of carboxylic acid groups (broad SMARTS) is 1. The highest BCUT2D eigenvalue weighted by Gasteiger charge is 2.12. The first-order valence-electron chi connectivity index (χ1n) is 9.19. The lowest BCUT2D eigenvalue weighted by Crippen LogP contribution is -2.04. The van der Waals surface area contributed by atoms with Crippen molar-refractivity contribution in [1.82, 2.24) is 4.98 Å². The Bertz CT molecular complexity index is 1240. The molecule has 0 fully saturated rings. The quantitative estimate of drug-likeness (QED) is 0.556. The SMILES string of the molecule is CC(=O)Nc1nc(/C=C\c2ccc(C(=O)O)cc2)c(Cc2ccc(S(C)(=O)=O)cc2)s1. The van der Waals surface area contributed by atoms with Gasteiger partial charge in [-0.05, 0) is 41.5 Å². The lowest BCUT2D eigenvalue weighted by Gasteiger charge is -2.03. The Morgan fingerprint density at radius 2 is 1.71 bits per heavy atom. The minimum Gasteiger partial charge on any atom is -0.478 e. The summed E-state index contributed by atoms with van der Waals surface area (Å²) in [6.07, 6.45) is 5.29. The Kier molecular flexibility index (Phi) is 6.67. The number of benzene rings is 2. The minimum absolute atomic E-state index is 0.206. The van der Waals surface area contributed by atoms with Gasteiger partial charge in [0.25, 0.3) is 0 Å². The van der Waals surface area contributed by atoms with Crippen LogP contribution in [0.15, 0.2) is 53.4 Å². The van der Waals surface area contributed by atoms with Crippen LogP contribution >= 0.6 is 11.3 Å². The van der Waals surface area contributed by atoms with Crippen molar-refractivity contribution < 1.29 is 23.1 Å². The van der Waals surface area contributed by atoms with Crippen molar-refractivity contribution in [2.24, 2.45) is 0 Å². The second-order valence-electron chi connectivity index (χ2n) is 6.86. The highest BCUT2D eigenvalue weighted by Crippen LogP contribution is 2.28. The van der Waals surface area contributed by atoms with Crippen LogP contribution < -0.4 is 5.32 Å². The fourth-order valence-corrected chi connectivity index (χ4v) is 4.44. The van der Waals surface area contributed by atoms with Crippen molar-refractivity contribution >= 4 is 50.3 Å². The minimum atomic E-state index is -3.26. The number of hydrogen-bond acceptors (Lipinski definition) is 6. The molecule has 7 nitrogen and oxygen atoms in total. The summed E-state index contributed by atoms with van der Waals surface area (Å²) in [5, 5.41) is 12.2. The number of aromatic carboxylic acids is 1. The van der Waals surface area contributed by atoms with E-state index in [2.05, 4.69) is 10.3 Å². The zero-order valence-corrected chi connectivity index (χ0v) is 18.5. The number of thiazole rings is 1. The summed E-state index contributed by atoms with van der Waals surface area (Å²) in [6, 6.07) is 13.1. The van der Waals surface area contributed by atoms with E-state index in [1.165, 1.54) is 30.4 Å². The summed E-state index contributed by atoms with van der Waals surface area (Å²) in [4.78, 5) is 28.0. The van der Waals surface area contributed by atoms with Gasteiger partial charge in [-0.1, -0.05) is 30.3 Å². The zero-order valence-electron chi connectivity index (χ0n) is 16.8. The molecule has 1 amide bonds. The lowest BCUT2D eigenvalue weighted by atomic mass is 10.1. The molecule has 1 aromatic heterocycles. The van der Waals surface area contributed by atoms with Crippen LogP contribution in [0.5, 0.6) is 0 Å². The number of carbonyl (C=O) groups is 2. The number of aromatic nitrogens is 1. The molecule has 0 saturated heterocycles. The van der Waals surface area contributed by atoms with E-state index in [0.29, 0.717) is 17.2 Å². The molecule has 0 aliphatic carbocycles. The molecule has 0 aliphatic rings. The Morgan fingerprint density at radius 3 is 2.26 bits per heavy atom. The Morgan fingerprint density at radius 1 is 1.06 bits per heavy atom. The van der Waals surface area contributed by atoms with Crippen LogP contribution in [0.25, 0.3) is 12.2 Å². The topological polar surface area (TPSA) is 113 Å². The summed E-state index contributed by atoms with van der Waals surface area (Å²) < 4.78 is 23.3. The normalized spacial score (nSPS) is 11.5. The number of rotatable bonds is 7. The zero-order chi connectivity index (χ0) is 22.6. The number of carbonyl (C=O) groups excluding carboxylic acids is 1. The summed E-state index contributed by atoms with van der Waals surface area (Å²) >= 11 is 1.34. The first-order valence-corrected chi connectivity index (χ1v) is 11.9. The van der Waals surface area contributed by atoms with Crippen molar-refractivity contribution in [3.63, 3.8) is 0 Å². The van der Waals surface area contributed by atoms with Gasteiger partial charge >= 0.3 is 5.97 Å². The third-order valence-electron chi connectivity index (χ3n) is 4.32. The van der Waals surface area contributed by atoms with Gasteiger partial charge < -0.3 is 10.4 Å². The number of sulfone groups is 1. The smallest absolute Gasteiger partial charge is 0.335 e. The van der Waals surface area contributed by atoms with E-state index in [9.17, 15) is 18.0 Å². The van der Waals surface area contributed by atoms with Gasteiger partial charge in [-0.15, -0.1) is 11.3 Å². The van der Waals surface area contributed by atoms with Crippen LogP contribution in [0.4, 0.5) is 5.13 Å². The fourth-order valence-electron chi connectivity index (χ4n) is 2.78. The van der Waals surface area contributed by atoms with Crippen LogP contribution in [-0.2, 0) is 21.1 Å². The maximum Gasteiger partial charge on any atom is 0.335 e. The number of anilines is 1. The average Bonchev–Trinajstić information content (AvgIpc) is 3.06. The second-order valence-corrected chi connectivity index (χ2v) is 9.96. The van der Waals surface area contributed by atoms with E-state index in [1.807, 2.05) is 6.08 Å². The molecule has 2 N–H and O–H groups in total. The predicted molar refractivity (Wildman–Crippen MR) is 121 cm³/mol. The van der Waals surface area contributed by atoms with E-state index in [4.69, 9.17) is 5.11 Å². The summed E-state index contributed by atoms with van der Waals surface area (Å²) in [7, 11) is -3.26. The van der Waals surface area contributed by atoms with Crippen LogP contribution in [0.2, 0.25) is 0 Å². The maximum atomic E-state index is 11.7. The van der Waals surface area contributed by atoms with Crippen LogP contribution in [-0.4, -0.2) is 36.6 Å². The van der Waals surface area contributed by atoms with Gasteiger partial charge in [-0.2, -0.15) is 0 Å². The van der Waals surface area contributed by atoms with E-state index in [-0.39, 0.29) is 16.4 Å². The Labute approximate surface area is 184 Å². The van der Waals surface area contributed by atoms with Gasteiger partial charge in [0.05, 0.1) is 16.2 Å². The molecular formula is C22H20N2O5S2. The molecule has 0 saturated carbocycles. The second kappa shape index (κ2) is 9.23. The van der Waals surface area contributed by atoms with E-state index >= 15 is 0 Å². The molecule has 0 radical (unpaired) electrons. The third kappa shape index (κ3) is 6.09. The van der Waals surface area contributed by atoms with Gasteiger partial charge in [0.2, 0.25) is 5.91 Å². The summed E-state index contributed by atoms with van der Waals surface area (Å²) in [6.45, 7) is 1.41. The predicted octanol–water partition coefficient (Wildman–Crippen LogP) is 3.96. The molecule has 3 rings (SSSR count). The third-order valence-corrected chi connectivity index (χ3v) is 6.43. The van der Waals surface area contributed by atoms with Gasteiger partial charge in [0.1, 0.15) is 0 Å². The molecule has 0 aliphatic heterocycles. The number of carboxylic acids is 1. The lowest BCUT2D eigenvalue weighted by molar-refractivity contribution is -0.114. The molecule has 2 aromatic carbocycles. The standard InChI is InChI=1S/C22H20N2O5S2/c1-14(25)23-22-24-19(12-7-15-3-8-17(9-4-15)21(26)27)20(30-22)13-16-5-10-18(11-6-16)31(2,28)29/h3-12H,13H2,1-2H3,(H,26,27)(H,23,24,25)/b12-7-. The van der Waals surface area contributed by atoms with Gasteiger partial charge in [-0.3, -0.25) is 4.79 Å². The first kappa shape index (κ1) is 22.4. The largest absolute Gasteiger partial charge is 0.478 e. The maximum absolute atomic E-state index is 11.7. The molecule has 9 heteroatoms. The van der Waals surface area contributed by atoms with Gasteiger partial charge in [0, 0.05) is 24.5 Å². The number of hydrogen-bond donors (Lipinski definition) is 2. The molecule has 0 spiro atoms. The number of nitrogens with one attached hydrogen (secondary N) is 1. The van der Waals surface area contributed by atoms with Crippen molar-refractivity contribution in [2.75, 3.05) is 11.6 Å². The van der Waals surface area contributed by atoms with Crippen LogP contribution in [0, 0.1) is 0 Å². The molecule has 0 atom stereocenters. The molecule has 0 bridgehead atoms. The Hall–Kier alpha value is -3.30. The van der Waals surface area contributed by atoms with Crippen molar-refractivity contribution in [2.45, 2.75) is 18.2 Å². The summed E-state index contributed by atoms with van der Waals surface area (Å²) in [5.41, 5.74) is 2.59. The van der Waals surface area contributed by atoms with E-state index < -0.39 is 15.8 Å². The molecule has 31 heavy (non-hydrogen) atoms. The molecule has 1 heterocycles. The monoisotopic (exact) mass is 456 g/mol. The highest BCUT2D eigenvalue weighted by molar-refractivity contribution is 7.90. The number of amides is 1. The van der Waals surface area contributed by atoms with Crippen molar-refractivity contribution in [3.8, 4) is 0 Å². The molecular weight excluding hydrogens is 436 g/mol. The van der Waals surface area contributed by atoms with Gasteiger partial charge in [-0.25, -0.2) is 18.2 Å². The average molecular weight is 457 g/mol. The molecule has 160 valence electrons. The molecule has 0 unspecified atom stereocenters. The fraction of sp³-hybridized carbons (Fsp3) is 0.136. The molecule has 3 aromatic rings. The highest BCUT2D eigenvalue weighted by atomic mass is 32.2. The van der Waals surface area contributed by atoms with E-state index in [0.717, 1.165) is 22.3 Å². The first-order chi connectivity index (χ1) is 14.6. The van der Waals surface area contributed by atoms with Gasteiger partial charge in [0.15, 0.2) is 15.0 Å². The van der Waals surface area contributed by atoms with Crippen LogP contribution in [0.1, 0.15) is 39.0 Å². The van der Waals surface area contributed by atoms with E-state index in [1.54, 1.807) is 42.5 Å². The number of nitrogens with zero attached hydrogens (tertiary/aromatic N) is 1. The summed E-state index contributed by atoms with van der Waals surface area (Å²) in [5.74, 6) is -1.21. The van der Waals surface area contributed by atoms with Crippen molar-refractivity contribution in [1.29, 1.82) is 0 Å². The van der Waals surface area contributed by atoms with Crippen LogP contribution in [0.3, 0.4) is 0 Å². The Balaban J connectivity index is 1.87.